The van der Waals surface area contributed by atoms with Crippen molar-refractivity contribution in [2.45, 2.75) is 52.4 Å². The fourth-order valence-electron chi connectivity index (χ4n) is 4.24. The molecule has 28 heavy (non-hydrogen) atoms. The molecule has 4 heteroatoms. The smallest absolute Gasteiger partial charge is 0.327 e. The lowest BCUT2D eigenvalue weighted by Crippen LogP contribution is -2.46. The van der Waals surface area contributed by atoms with Crippen LogP contribution in [0.15, 0.2) is 42.5 Å². The summed E-state index contributed by atoms with van der Waals surface area (Å²) in [4.78, 5) is 13.6. The number of para-hydroxylation sites is 2. The molecule has 1 unspecified atom stereocenters. The van der Waals surface area contributed by atoms with Gasteiger partial charge in [-0.15, -0.1) is 0 Å². The van der Waals surface area contributed by atoms with Crippen LogP contribution in [-0.2, 0) is 15.6 Å². The topological polar surface area (TPSA) is 55.8 Å². The van der Waals surface area contributed by atoms with E-state index in [2.05, 4.69) is 41.5 Å². The maximum absolute atomic E-state index is 13.6. The van der Waals surface area contributed by atoms with Crippen molar-refractivity contribution in [3.63, 3.8) is 0 Å². The van der Waals surface area contributed by atoms with Gasteiger partial charge < -0.3 is 14.6 Å². The summed E-state index contributed by atoms with van der Waals surface area (Å²) < 4.78 is 11.8. The number of hydrogen-bond acceptors (Lipinski definition) is 4. The fraction of sp³-hybridized carbons (Fsp3) is 0.458. The molecule has 0 spiro atoms. The molecule has 0 radical (unpaired) electrons. The molecule has 0 saturated carbocycles. The molecule has 4 nitrogen and oxygen atoms in total. The molecule has 0 aromatic heterocycles. The Morgan fingerprint density at radius 3 is 2.21 bits per heavy atom. The van der Waals surface area contributed by atoms with Crippen LogP contribution in [0.3, 0.4) is 0 Å². The van der Waals surface area contributed by atoms with Crippen molar-refractivity contribution in [2.24, 2.45) is 5.41 Å². The number of benzene rings is 2. The molecule has 150 valence electrons. The molecule has 1 aliphatic rings. The zero-order chi connectivity index (χ0) is 20.7. The van der Waals surface area contributed by atoms with Gasteiger partial charge in [-0.2, -0.15) is 0 Å². The highest BCUT2D eigenvalue weighted by atomic mass is 16.5. The minimum absolute atomic E-state index is 0.0912. The van der Waals surface area contributed by atoms with Crippen LogP contribution in [0.4, 0.5) is 0 Å². The lowest BCUT2D eigenvalue weighted by atomic mass is 9.59. The van der Waals surface area contributed by atoms with E-state index in [1.165, 1.54) is 0 Å². The average Bonchev–Trinajstić information content (AvgIpc) is 2.91. The van der Waals surface area contributed by atoms with E-state index >= 15 is 0 Å². The van der Waals surface area contributed by atoms with Crippen molar-refractivity contribution in [1.29, 1.82) is 0 Å². The van der Waals surface area contributed by atoms with E-state index in [1.807, 2.05) is 42.5 Å². The number of ether oxygens (including phenoxy) is 2. The van der Waals surface area contributed by atoms with Crippen molar-refractivity contribution in [3.8, 4) is 11.5 Å². The van der Waals surface area contributed by atoms with Crippen molar-refractivity contribution in [3.05, 3.63) is 59.2 Å². The summed E-state index contributed by atoms with van der Waals surface area (Å²) in [6.07, 6.45) is 0. The molecular weight excluding hydrogens is 352 g/mol. The molecule has 0 saturated heterocycles. The number of fused-ring (bicyclic) bond motifs is 1. The summed E-state index contributed by atoms with van der Waals surface area (Å²) in [6, 6.07) is 13.6. The van der Waals surface area contributed by atoms with E-state index in [4.69, 9.17) is 9.47 Å². The van der Waals surface area contributed by atoms with E-state index in [-0.39, 0.29) is 24.6 Å². The number of aliphatic hydroxyl groups excluding tert-OH is 1. The molecule has 0 bridgehead atoms. The van der Waals surface area contributed by atoms with Crippen molar-refractivity contribution >= 4 is 5.97 Å². The summed E-state index contributed by atoms with van der Waals surface area (Å²) in [5.41, 5.74) is 1.02. The third-order valence-electron chi connectivity index (χ3n) is 5.49. The Balaban J connectivity index is 2.36. The van der Waals surface area contributed by atoms with E-state index < -0.39 is 10.8 Å². The second-order valence-electron chi connectivity index (χ2n) is 9.39. The number of hydrogen-bond donors (Lipinski definition) is 1. The van der Waals surface area contributed by atoms with Gasteiger partial charge in [-0.3, -0.25) is 4.79 Å². The highest BCUT2D eigenvalue weighted by molar-refractivity contribution is 5.96. The number of carbonyl (C=O) groups excluding carboxylic acids is 1. The average molecular weight is 383 g/mol. The first-order valence-corrected chi connectivity index (χ1v) is 9.74. The SMILES string of the molecule is CC(C)(C)c1cccc2c1OC(=O)C2(c1ccccc1OCCO)C(C)(C)C. The van der Waals surface area contributed by atoms with Crippen LogP contribution in [0.5, 0.6) is 11.5 Å². The molecule has 3 rings (SSSR count). The molecule has 2 aromatic carbocycles. The number of aliphatic hydroxyl groups is 1. The quantitative estimate of drug-likeness (QED) is 0.620. The van der Waals surface area contributed by atoms with Gasteiger partial charge in [0.15, 0.2) is 0 Å². The molecule has 0 aliphatic carbocycles. The molecular formula is C24H30O4. The lowest BCUT2D eigenvalue weighted by Gasteiger charge is -2.40. The predicted molar refractivity (Wildman–Crippen MR) is 110 cm³/mol. The third-order valence-corrected chi connectivity index (χ3v) is 5.49. The van der Waals surface area contributed by atoms with E-state index in [9.17, 15) is 9.90 Å². The largest absolute Gasteiger partial charge is 0.491 e. The molecule has 0 fully saturated rings. The Morgan fingerprint density at radius 2 is 1.61 bits per heavy atom. The fourth-order valence-corrected chi connectivity index (χ4v) is 4.24. The van der Waals surface area contributed by atoms with Crippen LogP contribution >= 0.6 is 0 Å². The normalized spacial score (nSPS) is 19.3. The maximum Gasteiger partial charge on any atom is 0.327 e. The Hall–Kier alpha value is -2.33. The molecule has 1 atom stereocenters. The van der Waals surface area contributed by atoms with Crippen molar-refractivity contribution in [2.75, 3.05) is 13.2 Å². The third kappa shape index (κ3) is 3.00. The van der Waals surface area contributed by atoms with Crippen LogP contribution < -0.4 is 9.47 Å². The van der Waals surface area contributed by atoms with Gasteiger partial charge >= 0.3 is 5.97 Å². The van der Waals surface area contributed by atoms with Gasteiger partial charge in [0.05, 0.1) is 6.61 Å². The summed E-state index contributed by atoms with van der Waals surface area (Å²) in [7, 11) is 0. The van der Waals surface area contributed by atoms with Gasteiger partial charge in [-0.1, -0.05) is 77.9 Å². The van der Waals surface area contributed by atoms with Gasteiger partial charge in [0.1, 0.15) is 23.5 Å². The van der Waals surface area contributed by atoms with Crippen LogP contribution in [-0.4, -0.2) is 24.3 Å². The van der Waals surface area contributed by atoms with E-state index in [0.29, 0.717) is 11.5 Å². The first kappa shape index (κ1) is 20.4. The van der Waals surface area contributed by atoms with Crippen LogP contribution in [0.1, 0.15) is 58.2 Å². The van der Waals surface area contributed by atoms with Crippen LogP contribution in [0.25, 0.3) is 0 Å². The highest BCUT2D eigenvalue weighted by Crippen LogP contribution is 2.58. The molecule has 2 aromatic rings. The van der Waals surface area contributed by atoms with Crippen LogP contribution in [0, 0.1) is 5.41 Å². The van der Waals surface area contributed by atoms with Gasteiger partial charge in [-0.05, 0) is 16.9 Å². The first-order valence-electron chi connectivity index (χ1n) is 9.74. The summed E-state index contributed by atoms with van der Waals surface area (Å²) >= 11 is 0. The molecule has 1 aliphatic heterocycles. The predicted octanol–water partition coefficient (Wildman–Crippen LogP) is 4.61. The highest BCUT2D eigenvalue weighted by Gasteiger charge is 2.59. The lowest BCUT2D eigenvalue weighted by molar-refractivity contribution is -0.140. The van der Waals surface area contributed by atoms with Gasteiger partial charge in [0.2, 0.25) is 0 Å². The molecule has 1 heterocycles. The van der Waals surface area contributed by atoms with Gasteiger partial charge in [0, 0.05) is 16.7 Å². The summed E-state index contributed by atoms with van der Waals surface area (Å²) in [5, 5.41) is 9.23. The van der Waals surface area contributed by atoms with E-state index in [0.717, 1.165) is 16.7 Å². The summed E-state index contributed by atoms with van der Waals surface area (Å²) in [6.45, 7) is 12.6. The standard InChI is InChI=1S/C24H30O4/c1-22(2,3)17-11-9-12-18-20(17)28-21(26)24(18,23(4,5)6)16-10-7-8-13-19(16)27-15-14-25/h7-13,25H,14-15H2,1-6H3. The monoisotopic (exact) mass is 382 g/mol. The number of esters is 1. The first-order chi connectivity index (χ1) is 13.0. The number of rotatable bonds is 4. The van der Waals surface area contributed by atoms with Gasteiger partial charge in [-0.25, -0.2) is 0 Å². The number of carbonyl (C=O) groups is 1. The zero-order valence-electron chi connectivity index (χ0n) is 17.6. The minimum atomic E-state index is -1.00. The van der Waals surface area contributed by atoms with Crippen molar-refractivity contribution < 1.29 is 19.4 Å². The van der Waals surface area contributed by atoms with Crippen LogP contribution in [0.2, 0.25) is 0 Å². The van der Waals surface area contributed by atoms with Gasteiger partial charge in [0.25, 0.3) is 0 Å². The Morgan fingerprint density at radius 1 is 0.964 bits per heavy atom. The van der Waals surface area contributed by atoms with Crippen molar-refractivity contribution in [1.82, 2.24) is 0 Å². The minimum Gasteiger partial charge on any atom is -0.491 e. The Labute approximate surface area is 167 Å². The second kappa shape index (κ2) is 6.93. The zero-order valence-corrected chi connectivity index (χ0v) is 17.6. The molecule has 0 amide bonds. The Kier molecular flexibility index (Phi) is 5.05. The molecule has 1 N–H and O–H groups in total. The summed E-state index contributed by atoms with van der Waals surface area (Å²) in [5.74, 6) is 0.969. The van der Waals surface area contributed by atoms with E-state index in [1.54, 1.807) is 0 Å². The second-order valence-corrected chi connectivity index (χ2v) is 9.39. The Bertz CT molecular complexity index is 886. The maximum atomic E-state index is 13.6.